The normalized spacial score (nSPS) is 10.3. The van der Waals surface area contributed by atoms with E-state index >= 15 is 0 Å². The van der Waals surface area contributed by atoms with Crippen molar-refractivity contribution in [3.8, 4) is 0 Å². The molecule has 1 amide bonds. The summed E-state index contributed by atoms with van der Waals surface area (Å²) in [6, 6.07) is 1.89. The number of rotatable bonds is 5. The number of carbonyl (C=O) groups is 2. The third-order valence-corrected chi connectivity index (χ3v) is 5.13. The molecule has 1 aromatic carbocycles. The van der Waals surface area contributed by atoms with Gasteiger partial charge in [0, 0.05) is 20.0 Å². The molecule has 8 heteroatoms. The van der Waals surface area contributed by atoms with Gasteiger partial charge in [-0.1, -0.05) is 0 Å². The number of nitrogen functional groups attached to an aromatic ring is 1. The Hall–Kier alpha value is 0.150. The molecule has 19 heavy (non-hydrogen) atoms. The highest BCUT2D eigenvalue weighted by molar-refractivity contribution is 14.1. The van der Waals surface area contributed by atoms with E-state index in [2.05, 4.69) is 73.1 Å². The quantitative estimate of drug-likeness (QED) is 0.358. The number of carboxylic acid groups (broad SMARTS) is 1. The van der Waals surface area contributed by atoms with Gasteiger partial charge in [0.15, 0.2) is 0 Å². The number of nitrogens with one attached hydrogen (secondary N) is 1. The third kappa shape index (κ3) is 5.21. The molecule has 0 fully saturated rings. The molecule has 0 saturated heterocycles. The third-order valence-electron chi connectivity index (χ3n) is 2.26. The van der Waals surface area contributed by atoms with Gasteiger partial charge in [-0.3, -0.25) is 9.59 Å². The van der Waals surface area contributed by atoms with E-state index in [0.29, 0.717) is 17.8 Å². The number of benzene rings is 1. The fourth-order valence-corrected chi connectivity index (χ4v) is 4.96. The van der Waals surface area contributed by atoms with Crippen LogP contribution >= 0.6 is 67.8 Å². The van der Waals surface area contributed by atoms with Gasteiger partial charge in [0.25, 0.3) is 0 Å². The first kappa shape index (κ1) is 17.2. The SMILES string of the molecule is Nc1c(I)cc(I)c(NC(=O)CCCC(=O)O)c1I. The molecule has 1 rings (SSSR count). The summed E-state index contributed by atoms with van der Waals surface area (Å²) in [7, 11) is 0. The minimum Gasteiger partial charge on any atom is -0.481 e. The number of hydrogen-bond acceptors (Lipinski definition) is 3. The van der Waals surface area contributed by atoms with E-state index in [0.717, 1.165) is 10.7 Å². The smallest absolute Gasteiger partial charge is 0.303 e. The molecular weight excluding hydrogens is 589 g/mol. The standard InChI is InChI=1S/C11H11I3N2O3/c12-5-4-6(13)11(9(14)10(5)15)16-7(17)2-1-3-8(18)19/h4H,1-3,15H2,(H,16,17)(H,18,19). The molecule has 0 atom stereocenters. The first-order valence-corrected chi connectivity index (χ1v) is 8.51. The Morgan fingerprint density at radius 1 is 1.21 bits per heavy atom. The molecule has 0 aromatic heterocycles. The number of carboxylic acids is 1. The highest BCUT2D eigenvalue weighted by atomic mass is 127. The molecule has 0 spiro atoms. The van der Waals surface area contributed by atoms with E-state index in [1.165, 1.54) is 0 Å². The number of anilines is 2. The van der Waals surface area contributed by atoms with Crippen LogP contribution in [0.1, 0.15) is 19.3 Å². The van der Waals surface area contributed by atoms with Crippen LogP contribution in [0.5, 0.6) is 0 Å². The minimum atomic E-state index is -0.893. The lowest BCUT2D eigenvalue weighted by Crippen LogP contribution is -2.15. The molecule has 0 heterocycles. The maximum absolute atomic E-state index is 11.7. The zero-order valence-corrected chi connectivity index (χ0v) is 16.1. The maximum Gasteiger partial charge on any atom is 0.303 e. The number of amides is 1. The van der Waals surface area contributed by atoms with Crippen molar-refractivity contribution >= 4 is 91.0 Å². The summed E-state index contributed by atoms with van der Waals surface area (Å²) in [5, 5.41) is 11.3. The van der Waals surface area contributed by atoms with Gasteiger partial charge in [-0.25, -0.2) is 0 Å². The number of nitrogens with two attached hydrogens (primary N) is 1. The molecule has 0 radical (unpaired) electrons. The van der Waals surface area contributed by atoms with Crippen LogP contribution in [0.2, 0.25) is 0 Å². The van der Waals surface area contributed by atoms with E-state index in [1.807, 2.05) is 6.07 Å². The fourth-order valence-electron chi connectivity index (χ4n) is 1.32. The van der Waals surface area contributed by atoms with E-state index < -0.39 is 5.97 Å². The van der Waals surface area contributed by atoms with Crippen LogP contribution in [0.25, 0.3) is 0 Å². The molecule has 104 valence electrons. The van der Waals surface area contributed by atoms with Gasteiger partial charge in [0.1, 0.15) is 0 Å². The molecule has 0 aliphatic rings. The van der Waals surface area contributed by atoms with Crippen LogP contribution in [0, 0.1) is 10.7 Å². The Bertz CT molecular complexity index is 520. The second-order valence-electron chi connectivity index (χ2n) is 3.74. The van der Waals surface area contributed by atoms with Crippen LogP contribution in [0.15, 0.2) is 6.07 Å². The van der Waals surface area contributed by atoms with Crippen molar-refractivity contribution < 1.29 is 14.7 Å². The number of carbonyl (C=O) groups excluding carboxylic acids is 1. The summed E-state index contributed by atoms with van der Waals surface area (Å²) in [4.78, 5) is 22.1. The monoisotopic (exact) mass is 600 g/mol. The van der Waals surface area contributed by atoms with Crippen molar-refractivity contribution in [3.05, 3.63) is 16.8 Å². The van der Waals surface area contributed by atoms with E-state index in [9.17, 15) is 9.59 Å². The predicted octanol–water partition coefficient (Wildman–Crippen LogP) is 3.28. The average molecular weight is 600 g/mol. The summed E-state index contributed by atoms with van der Waals surface area (Å²) in [6.45, 7) is 0. The molecule has 1 aromatic rings. The zero-order chi connectivity index (χ0) is 14.6. The van der Waals surface area contributed by atoms with Crippen LogP contribution in [0.4, 0.5) is 11.4 Å². The van der Waals surface area contributed by atoms with Crippen molar-refractivity contribution in [2.24, 2.45) is 0 Å². The highest BCUT2D eigenvalue weighted by Crippen LogP contribution is 2.33. The number of halogens is 3. The first-order valence-electron chi connectivity index (χ1n) is 5.27. The van der Waals surface area contributed by atoms with Crippen LogP contribution in [-0.2, 0) is 9.59 Å². The van der Waals surface area contributed by atoms with Crippen LogP contribution < -0.4 is 11.1 Å². The summed E-state index contributed by atoms with van der Waals surface area (Å²) in [5.41, 5.74) is 7.25. The van der Waals surface area contributed by atoms with Crippen molar-refractivity contribution in [3.63, 3.8) is 0 Å². The summed E-state index contributed by atoms with van der Waals surface area (Å²) < 4.78 is 2.66. The molecule has 0 saturated carbocycles. The first-order chi connectivity index (χ1) is 8.82. The van der Waals surface area contributed by atoms with E-state index in [4.69, 9.17) is 10.8 Å². The average Bonchev–Trinajstić information content (AvgIpc) is 2.31. The minimum absolute atomic E-state index is 0.00354. The van der Waals surface area contributed by atoms with Crippen LogP contribution in [-0.4, -0.2) is 17.0 Å². The van der Waals surface area contributed by atoms with Gasteiger partial charge in [0.05, 0.1) is 14.9 Å². The van der Waals surface area contributed by atoms with Crippen molar-refractivity contribution in [1.29, 1.82) is 0 Å². The molecule has 0 aliphatic carbocycles. The lowest BCUT2D eigenvalue weighted by atomic mass is 10.2. The Kier molecular flexibility index (Phi) is 7.07. The van der Waals surface area contributed by atoms with Gasteiger partial charge < -0.3 is 16.2 Å². The fraction of sp³-hybridized carbons (Fsp3) is 0.273. The number of hydrogen-bond donors (Lipinski definition) is 3. The number of aliphatic carboxylic acids is 1. The van der Waals surface area contributed by atoms with Crippen LogP contribution in [0.3, 0.4) is 0 Å². The van der Waals surface area contributed by atoms with Gasteiger partial charge in [-0.2, -0.15) is 0 Å². The molecule has 0 unspecified atom stereocenters. The molecule has 4 N–H and O–H groups in total. The predicted molar refractivity (Wildman–Crippen MR) is 99.1 cm³/mol. The second-order valence-corrected chi connectivity index (χ2v) is 7.14. The molecule has 0 aliphatic heterocycles. The Balaban J connectivity index is 2.74. The van der Waals surface area contributed by atoms with Gasteiger partial charge in [-0.05, 0) is 80.3 Å². The molecule has 0 bridgehead atoms. The molecular formula is C11H11I3N2O3. The Morgan fingerprint density at radius 2 is 1.84 bits per heavy atom. The Morgan fingerprint density at radius 3 is 2.42 bits per heavy atom. The van der Waals surface area contributed by atoms with Gasteiger partial charge in [0.2, 0.25) is 5.91 Å². The topological polar surface area (TPSA) is 92.4 Å². The van der Waals surface area contributed by atoms with Gasteiger partial charge in [-0.15, -0.1) is 0 Å². The lowest BCUT2D eigenvalue weighted by molar-refractivity contribution is -0.137. The summed E-state index contributed by atoms with van der Waals surface area (Å²) in [5.74, 6) is -1.09. The summed E-state index contributed by atoms with van der Waals surface area (Å²) >= 11 is 6.37. The summed E-state index contributed by atoms with van der Waals surface area (Å²) in [6.07, 6.45) is 0.509. The zero-order valence-electron chi connectivity index (χ0n) is 9.67. The van der Waals surface area contributed by atoms with Gasteiger partial charge >= 0.3 is 5.97 Å². The lowest BCUT2D eigenvalue weighted by Gasteiger charge is -2.13. The maximum atomic E-state index is 11.7. The van der Waals surface area contributed by atoms with E-state index in [1.54, 1.807) is 0 Å². The van der Waals surface area contributed by atoms with Crippen molar-refractivity contribution in [2.75, 3.05) is 11.1 Å². The largest absolute Gasteiger partial charge is 0.481 e. The van der Waals surface area contributed by atoms with E-state index in [-0.39, 0.29) is 18.7 Å². The highest BCUT2D eigenvalue weighted by Gasteiger charge is 2.14. The van der Waals surface area contributed by atoms with Crippen molar-refractivity contribution in [2.45, 2.75) is 19.3 Å². The second kappa shape index (κ2) is 7.81. The van der Waals surface area contributed by atoms with Crippen molar-refractivity contribution in [1.82, 2.24) is 0 Å². The molecule has 5 nitrogen and oxygen atoms in total. The Labute approximate surface area is 151 Å².